The Hall–Kier alpha value is -2.73. The minimum atomic E-state index is -2.84. The number of hydrogen-bond acceptors (Lipinski definition) is 7. The summed E-state index contributed by atoms with van der Waals surface area (Å²) in [6.45, 7) is -3.33. The van der Waals surface area contributed by atoms with Gasteiger partial charge in [0.25, 0.3) is 0 Å². The van der Waals surface area contributed by atoms with Crippen LogP contribution in [-0.2, 0) is 0 Å². The summed E-state index contributed by atoms with van der Waals surface area (Å²) >= 11 is 7.71. The maximum atomic E-state index is 13.8. The second-order valence-corrected chi connectivity index (χ2v) is 9.12. The molecule has 1 aromatic carbocycles. The zero-order chi connectivity index (χ0) is 23.3. The molecule has 2 aliphatic rings. The summed E-state index contributed by atoms with van der Waals surface area (Å²) in [5, 5.41) is 27.2. The van der Waals surface area contributed by atoms with Gasteiger partial charge in [-0.2, -0.15) is 13.9 Å². The number of aromatic nitrogens is 3. The van der Waals surface area contributed by atoms with Crippen molar-refractivity contribution in [3.05, 3.63) is 74.8 Å². The predicted molar refractivity (Wildman–Crippen MR) is 117 cm³/mol. The van der Waals surface area contributed by atoms with Crippen LogP contribution in [0.2, 0.25) is 5.02 Å². The Morgan fingerprint density at radius 3 is 2.76 bits per heavy atom. The SMILES string of the molecule is OC[C@]1(O)CC2=C(c3ccn(C(F)F)n3)[C@H](c3ccc(F)cc3Cl)N=C(c3nccs3)N2C1. The van der Waals surface area contributed by atoms with Gasteiger partial charge in [-0.25, -0.2) is 14.1 Å². The summed E-state index contributed by atoms with van der Waals surface area (Å²) in [6.07, 6.45) is 2.79. The van der Waals surface area contributed by atoms with Crippen molar-refractivity contribution < 1.29 is 23.4 Å². The molecule has 7 nitrogen and oxygen atoms in total. The van der Waals surface area contributed by atoms with E-state index in [0.29, 0.717) is 32.4 Å². The van der Waals surface area contributed by atoms with E-state index in [1.165, 1.54) is 29.5 Å². The largest absolute Gasteiger partial charge is 0.393 e. The average molecular weight is 496 g/mol. The molecule has 0 radical (unpaired) electrons. The Balaban J connectivity index is 1.76. The summed E-state index contributed by atoms with van der Waals surface area (Å²) in [4.78, 5) is 10.9. The molecule has 0 spiro atoms. The fourth-order valence-electron chi connectivity index (χ4n) is 4.15. The minimum absolute atomic E-state index is 0.0279. The van der Waals surface area contributed by atoms with Crippen molar-refractivity contribution in [3.8, 4) is 0 Å². The molecule has 1 saturated heterocycles. The van der Waals surface area contributed by atoms with E-state index in [9.17, 15) is 23.4 Å². The second kappa shape index (κ2) is 8.24. The predicted octanol–water partition coefficient (Wildman–Crippen LogP) is 3.87. The Labute approximate surface area is 195 Å². The van der Waals surface area contributed by atoms with Gasteiger partial charge in [0.05, 0.1) is 18.8 Å². The van der Waals surface area contributed by atoms with Gasteiger partial charge in [-0.05, 0) is 18.2 Å². The lowest BCUT2D eigenvalue weighted by Crippen LogP contribution is -2.39. The number of nitrogens with zero attached hydrogens (tertiary/aromatic N) is 5. The third-order valence-electron chi connectivity index (χ3n) is 5.63. The third-order valence-corrected chi connectivity index (χ3v) is 6.72. The highest BCUT2D eigenvalue weighted by molar-refractivity contribution is 7.11. The number of aliphatic imine (C=N–C) groups is 1. The third kappa shape index (κ3) is 3.84. The molecule has 172 valence electrons. The number of fused-ring (bicyclic) bond motifs is 1. The highest BCUT2D eigenvalue weighted by Crippen LogP contribution is 2.47. The number of alkyl halides is 2. The molecule has 3 aromatic rings. The van der Waals surface area contributed by atoms with E-state index in [1.54, 1.807) is 16.5 Å². The van der Waals surface area contributed by atoms with Gasteiger partial charge in [0.2, 0.25) is 0 Å². The van der Waals surface area contributed by atoms with E-state index in [-0.39, 0.29) is 23.7 Å². The van der Waals surface area contributed by atoms with Crippen LogP contribution in [0.3, 0.4) is 0 Å². The van der Waals surface area contributed by atoms with Crippen molar-refractivity contribution >= 4 is 34.3 Å². The van der Waals surface area contributed by atoms with Crippen LogP contribution in [0.15, 0.2) is 52.7 Å². The van der Waals surface area contributed by atoms with Crippen molar-refractivity contribution in [1.29, 1.82) is 0 Å². The smallest absolute Gasteiger partial charge is 0.333 e. The van der Waals surface area contributed by atoms with Crippen molar-refractivity contribution in [2.75, 3.05) is 13.2 Å². The van der Waals surface area contributed by atoms with Gasteiger partial charge in [0.15, 0.2) is 10.8 Å². The maximum Gasteiger partial charge on any atom is 0.333 e. The summed E-state index contributed by atoms with van der Waals surface area (Å²) in [7, 11) is 0. The standard InChI is InChI=1S/C21H17ClF3N5O2S/c22-13-7-11(23)1-2-12(13)17-16(14-3-5-30(28-14)20(24)25)15-8-21(32,10-31)9-29(15)18(27-17)19-26-4-6-33-19/h1-7,17,20,31-32H,8-10H2/t17-,21-/m0/s1. The number of thiazole rings is 1. The Morgan fingerprint density at radius 2 is 2.12 bits per heavy atom. The fourth-order valence-corrected chi connectivity index (χ4v) is 5.06. The van der Waals surface area contributed by atoms with E-state index < -0.39 is 30.6 Å². The van der Waals surface area contributed by atoms with Gasteiger partial charge < -0.3 is 15.1 Å². The highest BCUT2D eigenvalue weighted by atomic mass is 35.5. The van der Waals surface area contributed by atoms with E-state index in [0.717, 1.165) is 12.3 Å². The zero-order valence-electron chi connectivity index (χ0n) is 16.9. The molecule has 1 fully saturated rings. The monoisotopic (exact) mass is 495 g/mol. The quantitative estimate of drug-likeness (QED) is 0.561. The Kier molecular flexibility index (Phi) is 5.52. The van der Waals surface area contributed by atoms with E-state index in [2.05, 4.69) is 10.1 Å². The molecule has 0 saturated carbocycles. The van der Waals surface area contributed by atoms with Crippen LogP contribution in [0.25, 0.3) is 5.57 Å². The van der Waals surface area contributed by atoms with Crippen LogP contribution < -0.4 is 0 Å². The van der Waals surface area contributed by atoms with Crippen molar-refractivity contribution in [3.63, 3.8) is 0 Å². The molecule has 4 heterocycles. The average Bonchev–Trinajstić information content (AvgIpc) is 3.52. The van der Waals surface area contributed by atoms with E-state index in [1.807, 2.05) is 0 Å². The van der Waals surface area contributed by atoms with Crippen LogP contribution in [0.4, 0.5) is 13.2 Å². The number of hydrogen-bond donors (Lipinski definition) is 2. The van der Waals surface area contributed by atoms with Gasteiger partial charge in [0.1, 0.15) is 17.5 Å². The van der Waals surface area contributed by atoms with Gasteiger partial charge in [-0.3, -0.25) is 4.99 Å². The molecule has 33 heavy (non-hydrogen) atoms. The molecule has 2 aromatic heterocycles. The van der Waals surface area contributed by atoms with Crippen LogP contribution in [-0.4, -0.2) is 54.5 Å². The van der Waals surface area contributed by atoms with Crippen LogP contribution in [0, 0.1) is 5.82 Å². The zero-order valence-corrected chi connectivity index (χ0v) is 18.4. The van der Waals surface area contributed by atoms with Crippen LogP contribution in [0.1, 0.15) is 35.3 Å². The highest BCUT2D eigenvalue weighted by Gasteiger charge is 2.46. The Morgan fingerprint density at radius 1 is 1.30 bits per heavy atom. The topological polar surface area (TPSA) is 86.8 Å². The maximum absolute atomic E-state index is 13.8. The number of benzene rings is 1. The van der Waals surface area contributed by atoms with Gasteiger partial charge in [0, 0.05) is 46.1 Å². The number of halogens is 4. The number of amidine groups is 1. The first-order valence-electron chi connectivity index (χ1n) is 9.90. The molecule has 2 atom stereocenters. The molecule has 0 aliphatic carbocycles. The van der Waals surface area contributed by atoms with Crippen LogP contribution >= 0.6 is 22.9 Å². The molecule has 0 amide bonds. The molecular formula is C21H17ClF3N5O2S. The molecular weight excluding hydrogens is 479 g/mol. The van der Waals surface area contributed by atoms with Gasteiger partial charge in [-0.15, -0.1) is 11.3 Å². The molecule has 5 rings (SSSR count). The first kappa shape index (κ1) is 22.1. The molecule has 2 N–H and O–H groups in total. The van der Waals surface area contributed by atoms with E-state index >= 15 is 0 Å². The summed E-state index contributed by atoms with van der Waals surface area (Å²) in [6, 6.07) is 4.48. The van der Waals surface area contributed by atoms with Crippen molar-refractivity contribution in [2.45, 2.75) is 24.6 Å². The van der Waals surface area contributed by atoms with Gasteiger partial charge in [-0.1, -0.05) is 17.7 Å². The van der Waals surface area contributed by atoms with Crippen LogP contribution in [0.5, 0.6) is 0 Å². The molecule has 12 heteroatoms. The first-order chi connectivity index (χ1) is 15.8. The van der Waals surface area contributed by atoms with Crippen molar-refractivity contribution in [1.82, 2.24) is 19.7 Å². The summed E-state index contributed by atoms with van der Waals surface area (Å²) in [5.74, 6) is -0.0937. The number of aliphatic hydroxyl groups is 2. The lowest BCUT2D eigenvalue weighted by atomic mass is 9.91. The summed E-state index contributed by atoms with van der Waals surface area (Å²) < 4.78 is 40.8. The Bertz CT molecular complexity index is 1260. The van der Waals surface area contributed by atoms with E-state index in [4.69, 9.17) is 16.6 Å². The van der Waals surface area contributed by atoms with Crippen molar-refractivity contribution in [2.24, 2.45) is 4.99 Å². The minimum Gasteiger partial charge on any atom is -0.393 e. The fraction of sp³-hybridized carbons (Fsp3) is 0.286. The summed E-state index contributed by atoms with van der Waals surface area (Å²) in [5.41, 5.74) is 0.167. The molecule has 0 bridgehead atoms. The number of rotatable bonds is 5. The normalized spacial score (nSPS) is 22.8. The first-order valence-corrected chi connectivity index (χ1v) is 11.2. The second-order valence-electron chi connectivity index (χ2n) is 7.82. The molecule has 0 unspecified atom stereocenters. The molecule has 2 aliphatic heterocycles. The lowest BCUT2D eigenvalue weighted by Gasteiger charge is -2.32. The van der Waals surface area contributed by atoms with Gasteiger partial charge >= 0.3 is 6.55 Å². The number of aliphatic hydroxyl groups excluding tert-OH is 1. The lowest BCUT2D eigenvalue weighted by molar-refractivity contribution is -0.000750.